The van der Waals surface area contributed by atoms with Crippen molar-refractivity contribution >= 4 is 11.6 Å². The van der Waals surface area contributed by atoms with Crippen LogP contribution in [-0.2, 0) is 13.5 Å². The smallest absolute Gasteiger partial charge is 0.143 e. The fraction of sp³-hybridized carbons (Fsp3) is 0.308. The Morgan fingerprint density at radius 3 is 2.89 bits per heavy atom. The maximum absolute atomic E-state index is 6.03. The summed E-state index contributed by atoms with van der Waals surface area (Å²) < 4.78 is 7.36. The van der Waals surface area contributed by atoms with E-state index in [1.54, 1.807) is 13.2 Å². The molecule has 0 saturated heterocycles. The Balaban J connectivity index is 2.51. The van der Waals surface area contributed by atoms with Crippen LogP contribution in [0.2, 0.25) is 5.02 Å². The van der Waals surface area contributed by atoms with E-state index in [1.807, 2.05) is 29.9 Å². The third-order valence-electron chi connectivity index (χ3n) is 2.89. The van der Waals surface area contributed by atoms with Crippen LogP contribution in [0.5, 0.6) is 5.75 Å². The lowest BCUT2D eigenvalue weighted by molar-refractivity contribution is 0.416. The highest BCUT2D eigenvalue weighted by Crippen LogP contribution is 2.31. The number of halogens is 1. The number of imidazole rings is 1. The summed E-state index contributed by atoms with van der Waals surface area (Å²) in [5, 5.41) is 0.661. The van der Waals surface area contributed by atoms with E-state index in [0.29, 0.717) is 11.6 Å². The molecule has 0 radical (unpaired) electrons. The van der Waals surface area contributed by atoms with Crippen LogP contribution in [0.1, 0.15) is 5.69 Å². The van der Waals surface area contributed by atoms with Gasteiger partial charge in [0.25, 0.3) is 0 Å². The van der Waals surface area contributed by atoms with Gasteiger partial charge in [0.2, 0.25) is 0 Å². The molecule has 2 N–H and O–H groups in total. The summed E-state index contributed by atoms with van der Waals surface area (Å²) in [5.41, 5.74) is 7.55. The van der Waals surface area contributed by atoms with Crippen LogP contribution in [0.25, 0.3) is 11.4 Å². The maximum atomic E-state index is 6.03. The van der Waals surface area contributed by atoms with Gasteiger partial charge in [0.15, 0.2) is 0 Å². The van der Waals surface area contributed by atoms with Crippen molar-refractivity contribution in [2.24, 2.45) is 12.8 Å². The number of nitrogens with zero attached hydrogens (tertiary/aromatic N) is 2. The van der Waals surface area contributed by atoms with Crippen LogP contribution in [0.15, 0.2) is 24.4 Å². The zero-order valence-corrected chi connectivity index (χ0v) is 11.2. The second-order valence-electron chi connectivity index (χ2n) is 4.02. The summed E-state index contributed by atoms with van der Waals surface area (Å²) in [7, 11) is 3.60. The summed E-state index contributed by atoms with van der Waals surface area (Å²) in [6, 6.07) is 5.50. The number of methoxy groups -OCH3 is 1. The molecule has 2 rings (SSSR count). The first-order valence-electron chi connectivity index (χ1n) is 5.72. The van der Waals surface area contributed by atoms with Crippen molar-refractivity contribution in [3.8, 4) is 17.1 Å². The molecule has 4 nitrogen and oxygen atoms in total. The minimum atomic E-state index is 0.603. The molecule has 5 heteroatoms. The lowest BCUT2D eigenvalue weighted by Gasteiger charge is -2.10. The molecule has 0 aliphatic rings. The molecule has 0 fully saturated rings. The van der Waals surface area contributed by atoms with Crippen molar-refractivity contribution in [2.45, 2.75) is 6.42 Å². The molecule has 0 unspecified atom stereocenters. The van der Waals surface area contributed by atoms with Gasteiger partial charge in [0, 0.05) is 30.4 Å². The second-order valence-corrected chi connectivity index (χ2v) is 4.45. The number of nitrogens with two attached hydrogens (primary N) is 1. The lowest BCUT2D eigenvalue weighted by Crippen LogP contribution is -2.07. The molecule has 1 aromatic carbocycles. The Morgan fingerprint density at radius 2 is 2.22 bits per heavy atom. The van der Waals surface area contributed by atoms with Gasteiger partial charge in [-0.25, -0.2) is 4.98 Å². The standard InChI is InChI=1S/C13H16ClN3O/c1-17-10(5-6-15)8-16-13(17)11-7-9(14)3-4-12(11)18-2/h3-4,7-8H,5-6,15H2,1-2H3. The summed E-state index contributed by atoms with van der Waals surface area (Å²) in [6.07, 6.45) is 2.63. The van der Waals surface area contributed by atoms with E-state index in [2.05, 4.69) is 4.98 Å². The van der Waals surface area contributed by atoms with Gasteiger partial charge in [-0.05, 0) is 24.7 Å². The van der Waals surface area contributed by atoms with Gasteiger partial charge in [-0.2, -0.15) is 0 Å². The molecule has 0 aliphatic heterocycles. The minimum absolute atomic E-state index is 0.603. The lowest BCUT2D eigenvalue weighted by atomic mass is 10.2. The topological polar surface area (TPSA) is 53.1 Å². The molecule has 0 spiro atoms. The number of hydrogen-bond donors (Lipinski definition) is 1. The van der Waals surface area contributed by atoms with Crippen LogP contribution in [0, 0.1) is 0 Å². The molecule has 0 atom stereocenters. The van der Waals surface area contributed by atoms with Crippen LogP contribution in [-0.4, -0.2) is 23.2 Å². The first kappa shape index (κ1) is 12.9. The monoisotopic (exact) mass is 265 g/mol. The van der Waals surface area contributed by atoms with E-state index >= 15 is 0 Å². The third kappa shape index (κ3) is 2.35. The Hall–Kier alpha value is -1.52. The molecule has 96 valence electrons. The van der Waals surface area contributed by atoms with Crippen molar-refractivity contribution in [1.29, 1.82) is 0 Å². The largest absolute Gasteiger partial charge is 0.496 e. The van der Waals surface area contributed by atoms with E-state index in [9.17, 15) is 0 Å². The first-order valence-corrected chi connectivity index (χ1v) is 6.09. The molecular weight excluding hydrogens is 250 g/mol. The van der Waals surface area contributed by atoms with E-state index in [0.717, 1.165) is 29.3 Å². The van der Waals surface area contributed by atoms with Gasteiger partial charge >= 0.3 is 0 Å². The highest BCUT2D eigenvalue weighted by Gasteiger charge is 2.13. The molecule has 1 heterocycles. The fourth-order valence-corrected chi connectivity index (χ4v) is 2.10. The minimum Gasteiger partial charge on any atom is -0.496 e. The fourth-order valence-electron chi connectivity index (χ4n) is 1.93. The maximum Gasteiger partial charge on any atom is 0.143 e. The quantitative estimate of drug-likeness (QED) is 0.923. The zero-order chi connectivity index (χ0) is 13.1. The van der Waals surface area contributed by atoms with Crippen molar-refractivity contribution in [3.05, 3.63) is 35.1 Å². The van der Waals surface area contributed by atoms with Gasteiger partial charge < -0.3 is 15.0 Å². The molecule has 0 bridgehead atoms. The number of aromatic nitrogens is 2. The highest BCUT2D eigenvalue weighted by atomic mass is 35.5. The van der Waals surface area contributed by atoms with Crippen molar-refractivity contribution < 1.29 is 4.74 Å². The second kappa shape index (κ2) is 5.42. The SMILES string of the molecule is COc1ccc(Cl)cc1-c1ncc(CCN)n1C. The average molecular weight is 266 g/mol. The van der Waals surface area contributed by atoms with Gasteiger partial charge in [-0.3, -0.25) is 0 Å². The van der Waals surface area contributed by atoms with Crippen LogP contribution < -0.4 is 10.5 Å². The molecule has 2 aromatic rings. The van der Waals surface area contributed by atoms with Gasteiger partial charge in [0.05, 0.1) is 12.7 Å². The Labute approximate surface area is 111 Å². The van der Waals surface area contributed by atoms with Gasteiger partial charge in [-0.1, -0.05) is 11.6 Å². The normalized spacial score (nSPS) is 10.7. The number of ether oxygens (including phenoxy) is 1. The average Bonchev–Trinajstić information content (AvgIpc) is 2.72. The molecule has 1 aromatic heterocycles. The summed E-state index contributed by atoms with van der Waals surface area (Å²) >= 11 is 6.03. The summed E-state index contributed by atoms with van der Waals surface area (Å²) in [4.78, 5) is 4.42. The molecular formula is C13H16ClN3O. The molecule has 18 heavy (non-hydrogen) atoms. The summed E-state index contributed by atoms with van der Waals surface area (Å²) in [5.74, 6) is 1.59. The molecule has 0 saturated carbocycles. The molecule has 0 aliphatic carbocycles. The van der Waals surface area contributed by atoms with Crippen LogP contribution >= 0.6 is 11.6 Å². The summed E-state index contributed by atoms with van der Waals surface area (Å²) in [6.45, 7) is 0.603. The van der Waals surface area contributed by atoms with Crippen molar-refractivity contribution in [2.75, 3.05) is 13.7 Å². The Morgan fingerprint density at radius 1 is 1.44 bits per heavy atom. The predicted octanol–water partition coefficient (Wildman–Crippen LogP) is 2.25. The third-order valence-corrected chi connectivity index (χ3v) is 3.12. The van der Waals surface area contributed by atoms with E-state index < -0.39 is 0 Å². The highest BCUT2D eigenvalue weighted by molar-refractivity contribution is 6.30. The van der Waals surface area contributed by atoms with Gasteiger partial charge in [0.1, 0.15) is 11.6 Å². The zero-order valence-electron chi connectivity index (χ0n) is 10.5. The Bertz CT molecular complexity index is 551. The Kier molecular flexibility index (Phi) is 3.89. The molecule has 0 amide bonds. The number of hydrogen-bond acceptors (Lipinski definition) is 3. The van der Waals surface area contributed by atoms with E-state index in [-0.39, 0.29) is 0 Å². The van der Waals surface area contributed by atoms with Crippen LogP contribution in [0.4, 0.5) is 0 Å². The van der Waals surface area contributed by atoms with Crippen molar-refractivity contribution in [1.82, 2.24) is 9.55 Å². The first-order chi connectivity index (χ1) is 8.67. The number of rotatable bonds is 4. The van der Waals surface area contributed by atoms with E-state index in [1.165, 1.54) is 0 Å². The van der Waals surface area contributed by atoms with Crippen LogP contribution in [0.3, 0.4) is 0 Å². The predicted molar refractivity (Wildman–Crippen MR) is 73.0 cm³/mol. The van der Waals surface area contributed by atoms with Gasteiger partial charge in [-0.15, -0.1) is 0 Å². The van der Waals surface area contributed by atoms with E-state index in [4.69, 9.17) is 22.1 Å². The number of benzene rings is 1. The van der Waals surface area contributed by atoms with Crippen molar-refractivity contribution in [3.63, 3.8) is 0 Å².